The quantitative estimate of drug-likeness (QED) is 0.295. The maximum atomic E-state index is 14.1. The van der Waals surface area contributed by atoms with Crippen LogP contribution in [-0.2, 0) is 4.79 Å². The summed E-state index contributed by atoms with van der Waals surface area (Å²) in [6, 6.07) is 24.2. The van der Waals surface area contributed by atoms with Crippen LogP contribution in [-0.4, -0.2) is 11.7 Å². The number of hydrogen-bond acceptors (Lipinski definition) is 4. The SMILES string of the molecule is O=C1C[C@@H](c2ccc(F)cc2)CC2=C1[C@H](c1ccccc1Cl)N(C(=O)c1cccs1)c1ccccc1N2. The number of ketones is 1. The van der Waals surface area contributed by atoms with Crippen molar-refractivity contribution in [1.29, 1.82) is 0 Å². The highest BCUT2D eigenvalue weighted by Crippen LogP contribution is 2.49. The maximum Gasteiger partial charge on any atom is 0.269 e. The van der Waals surface area contributed by atoms with E-state index in [0.717, 1.165) is 16.9 Å². The van der Waals surface area contributed by atoms with Gasteiger partial charge in [0.25, 0.3) is 5.91 Å². The number of nitrogens with one attached hydrogen (secondary N) is 1. The van der Waals surface area contributed by atoms with Gasteiger partial charge in [0.05, 0.1) is 22.3 Å². The van der Waals surface area contributed by atoms with Gasteiger partial charge in [-0.25, -0.2) is 4.39 Å². The second-order valence-corrected chi connectivity index (χ2v) is 10.5. The Labute approximate surface area is 223 Å². The summed E-state index contributed by atoms with van der Waals surface area (Å²) >= 11 is 8.09. The molecule has 184 valence electrons. The zero-order valence-corrected chi connectivity index (χ0v) is 21.2. The smallest absolute Gasteiger partial charge is 0.269 e. The molecule has 6 rings (SSSR count). The Balaban J connectivity index is 1.57. The molecule has 4 nitrogen and oxygen atoms in total. The molecule has 0 bridgehead atoms. The second-order valence-electron chi connectivity index (χ2n) is 9.19. The van der Waals surface area contributed by atoms with Crippen molar-refractivity contribution >= 4 is 46.0 Å². The van der Waals surface area contributed by atoms with E-state index in [4.69, 9.17) is 11.6 Å². The van der Waals surface area contributed by atoms with Crippen LogP contribution in [0.1, 0.15) is 45.6 Å². The highest BCUT2D eigenvalue weighted by atomic mass is 35.5. The van der Waals surface area contributed by atoms with Gasteiger partial charge in [-0.15, -0.1) is 11.3 Å². The minimum Gasteiger partial charge on any atom is -0.357 e. The van der Waals surface area contributed by atoms with Crippen molar-refractivity contribution < 1.29 is 14.0 Å². The van der Waals surface area contributed by atoms with E-state index in [0.29, 0.717) is 33.1 Å². The molecule has 0 fully saturated rings. The van der Waals surface area contributed by atoms with Gasteiger partial charge in [-0.2, -0.15) is 0 Å². The number of hydrogen-bond donors (Lipinski definition) is 1. The van der Waals surface area contributed by atoms with E-state index in [1.54, 1.807) is 29.2 Å². The fraction of sp³-hybridized carbons (Fsp3) is 0.133. The molecular formula is C30H22ClFN2O2S. The Morgan fingerprint density at radius 2 is 1.70 bits per heavy atom. The van der Waals surface area contributed by atoms with E-state index in [1.165, 1.54) is 23.5 Å². The summed E-state index contributed by atoms with van der Waals surface area (Å²) in [6.07, 6.45) is 0.799. The summed E-state index contributed by atoms with van der Waals surface area (Å²) in [4.78, 5) is 30.3. The molecule has 4 aromatic rings. The Hall–Kier alpha value is -3.74. The van der Waals surface area contributed by atoms with Crippen LogP contribution in [0.15, 0.2) is 102 Å². The maximum absolute atomic E-state index is 14.1. The normalized spacial score (nSPS) is 19.1. The molecule has 0 saturated carbocycles. The van der Waals surface area contributed by atoms with Crippen LogP contribution < -0.4 is 10.2 Å². The minimum atomic E-state index is -0.712. The third-order valence-electron chi connectivity index (χ3n) is 6.98. The lowest BCUT2D eigenvalue weighted by molar-refractivity contribution is -0.116. The topological polar surface area (TPSA) is 49.4 Å². The average molecular weight is 529 g/mol. The monoisotopic (exact) mass is 528 g/mol. The molecule has 0 spiro atoms. The number of halogens is 2. The fourth-order valence-electron chi connectivity index (χ4n) is 5.29. The zero-order valence-electron chi connectivity index (χ0n) is 19.7. The number of fused-ring (bicyclic) bond motifs is 1. The molecule has 1 aliphatic heterocycles. The molecule has 37 heavy (non-hydrogen) atoms. The third-order valence-corrected chi connectivity index (χ3v) is 8.18. The standard InChI is InChI=1S/C30H22ClFN2O2S/c31-22-7-2-1-6-21(22)29-28-24(16-19(17-26(28)35)18-11-13-20(32)14-12-18)33-23-8-3-4-9-25(23)34(29)30(36)27-10-5-15-37-27/h1-15,19,29,33H,16-17H2/t19-,29-/m0/s1. The second kappa shape index (κ2) is 9.61. The van der Waals surface area contributed by atoms with Crippen LogP contribution >= 0.6 is 22.9 Å². The van der Waals surface area contributed by atoms with Gasteiger partial charge < -0.3 is 5.32 Å². The van der Waals surface area contributed by atoms with Gasteiger partial charge in [0.1, 0.15) is 5.82 Å². The van der Waals surface area contributed by atoms with E-state index in [-0.39, 0.29) is 29.8 Å². The molecule has 0 radical (unpaired) electrons. The first-order valence-corrected chi connectivity index (χ1v) is 13.3. The molecule has 1 N–H and O–H groups in total. The largest absolute Gasteiger partial charge is 0.357 e. The number of rotatable bonds is 3. The van der Waals surface area contributed by atoms with Crippen LogP contribution in [0, 0.1) is 5.82 Å². The predicted octanol–water partition coefficient (Wildman–Crippen LogP) is 7.76. The van der Waals surface area contributed by atoms with Crippen LogP contribution in [0.4, 0.5) is 15.8 Å². The van der Waals surface area contributed by atoms with Gasteiger partial charge in [0.15, 0.2) is 5.78 Å². The number of nitrogens with zero attached hydrogens (tertiary/aromatic N) is 1. The first kappa shape index (κ1) is 23.6. The third kappa shape index (κ3) is 4.26. The number of thiophene rings is 1. The van der Waals surface area contributed by atoms with Gasteiger partial charge in [-0.05, 0) is 65.2 Å². The lowest BCUT2D eigenvalue weighted by Crippen LogP contribution is -2.38. The number of para-hydroxylation sites is 2. The zero-order chi connectivity index (χ0) is 25.5. The van der Waals surface area contributed by atoms with Crippen LogP contribution in [0.5, 0.6) is 0 Å². The summed E-state index contributed by atoms with van der Waals surface area (Å²) < 4.78 is 13.6. The van der Waals surface area contributed by atoms with Crippen molar-refractivity contribution in [2.24, 2.45) is 0 Å². The molecule has 1 aliphatic carbocycles. The van der Waals surface area contributed by atoms with Crippen molar-refractivity contribution in [1.82, 2.24) is 0 Å². The molecule has 7 heteroatoms. The molecule has 0 unspecified atom stereocenters. The Morgan fingerprint density at radius 3 is 2.46 bits per heavy atom. The van der Waals surface area contributed by atoms with E-state index in [9.17, 15) is 14.0 Å². The summed E-state index contributed by atoms with van der Waals surface area (Å²) in [5.41, 5.74) is 4.29. The number of carbonyl (C=O) groups excluding carboxylic acids is 2. The number of allylic oxidation sites excluding steroid dienone is 1. The first-order valence-electron chi connectivity index (χ1n) is 12.0. The Kier molecular flexibility index (Phi) is 6.14. The lowest BCUT2D eigenvalue weighted by atomic mass is 9.78. The molecule has 0 saturated heterocycles. The number of Topliss-reactive ketones (excluding diaryl/α,β-unsaturated/α-hetero) is 1. The fourth-order valence-corrected chi connectivity index (χ4v) is 6.19. The van der Waals surface area contributed by atoms with Crippen molar-refractivity contribution in [2.45, 2.75) is 24.8 Å². The van der Waals surface area contributed by atoms with Crippen LogP contribution in [0.3, 0.4) is 0 Å². The summed E-state index contributed by atoms with van der Waals surface area (Å²) in [7, 11) is 0. The van der Waals surface area contributed by atoms with E-state index < -0.39 is 6.04 Å². The molecule has 1 amide bonds. The number of amides is 1. The summed E-state index contributed by atoms with van der Waals surface area (Å²) in [5.74, 6) is -0.687. The number of carbonyl (C=O) groups is 2. The molecule has 2 heterocycles. The average Bonchev–Trinajstić information content (AvgIpc) is 3.39. The molecule has 2 aliphatic rings. The van der Waals surface area contributed by atoms with Gasteiger partial charge >= 0.3 is 0 Å². The lowest BCUT2D eigenvalue weighted by Gasteiger charge is -2.35. The molecular weight excluding hydrogens is 507 g/mol. The van der Waals surface area contributed by atoms with E-state index >= 15 is 0 Å². The predicted molar refractivity (Wildman–Crippen MR) is 146 cm³/mol. The number of benzene rings is 3. The van der Waals surface area contributed by atoms with E-state index in [1.807, 2.05) is 53.9 Å². The Bertz CT molecular complexity index is 1530. The Morgan fingerprint density at radius 1 is 0.946 bits per heavy atom. The van der Waals surface area contributed by atoms with Gasteiger partial charge in [0, 0.05) is 22.7 Å². The number of anilines is 2. The first-order chi connectivity index (χ1) is 18.0. The highest BCUT2D eigenvalue weighted by molar-refractivity contribution is 7.12. The van der Waals surface area contributed by atoms with Gasteiger partial charge in [0.2, 0.25) is 0 Å². The van der Waals surface area contributed by atoms with Gasteiger partial charge in [-0.1, -0.05) is 60.1 Å². The van der Waals surface area contributed by atoms with Crippen LogP contribution in [0.2, 0.25) is 5.02 Å². The summed E-state index contributed by atoms with van der Waals surface area (Å²) in [6.45, 7) is 0. The van der Waals surface area contributed by atoms with Crippen molar-refractivity contribution in [3.05, 3.63) is 128 Å². The van der Waals surface area contributed by atoms with Crippen LogP contribution in [0.25, 0.3) is 0 Å². The minimum absolute atomic E-state index is 0.0650. The van der Waals surface area contributed by atoms with Crippen molar-refractivity contribution in [3.8, 4) is 0 Å². The van der Waals surface area contributed by atoms with E-state index in [2.05, 4.69) is 5.32 Å². The highest BCUT2D eigenvalue weighted by Gasteiger charge is 2.42. The molecule has 1 aromatic heterocycles. The molecule has 2 atom stereocenters. The summed E-state index contributed by atoms with van der Waals surface area (Å²) in [5, 5.41) is 5.85. The molecule has 3 aromatic carbocycles. The van der Waals surface area contributed by atoms with Crippen molar-refractivity contribution in [3.63, 3.8) is 0 Å². The van der Waals surface area contributed by atoms with Gasteiger partial charge in [-0.3, -0.25) is 14.5 Å². The van der Waals surface area contributed by atoms with Crippen molar-refractivity contribution in [2.75, 3.05) is 10.2 Å².